The zero-order chi connectivity index (χ0) is 14.7. The fourth-order valence-electron chi connectivity index (χ4n) is 1.70. The Kier molecular flexibility index (Phi) is 4.29. The average molecular weight is 305 g/mol. The van der Waals surface area contributed by atoms with Gasteiger partial charge in [-0.15, -0.1) is 0 Å². The van der Waals surface area contributed by atoms with Gasteiger partial charge in [0.25, 0.3) is 5.91 Å². The van der Waals surface area contributed by atoms with Gasteiger partial charge in [0.1, 0.15) is 0 Å². The molecule has 0 aliphatic carbocycles. The molecule has 2 rings (SSSR count). The molecule has 2 aromatic carbocycles. The minimum absolute atomic E-state index is 0.209. The lowest BCUT2D eigenvalue weighted by Crippen LogP contribution is -2.13. The summed E-state index contributed by atoms with van der Waals surface area (Å²) in [5, 5.41) is 12.1. The van der Waals surface area contributed by atoms with Crippen LogP contribution in [0.3, 0.4) is 0 Å². The van der Waals surface area contributed by atoms with E-state index >= 15 is 0 Å². The first-order chi connectivity index (χ1) is 9.52. The van der Waals surface area contributed by atoms with Crippen LogP contribution in [0.4, 0.5) is 5.69 Å². The lowest BCUT2D eigenvalue weighted by Gasteiger charge is -2.10. The van der Waals surface area contributed by atoms with Gasteiger partial charge in [0.2, 0.25) is 0 Å². The maximum absolute atomic E-state index is 12.2. The molecule has 1 amide bonds. The summed E-state index contributed by atoms with van der Waals surface area (Å²) in [5.41, 5.74) is 2.20. The van der Waals surface area contributed by atoms with Crippen LogP contribution in [0.1, 0.15) is 21.5 Å². The number of nitrogens with zero attached hydrogens (tertiary/aromatic N) is 1. The fraction of sp³-hybridized carbons (Fsp3) is 0.0667. The summed E-state index contributed by atoms with van der Waals surface area (Å²) in [5.74, 6) is -0.365. The van der Waals surface area contributed by atoms with Gasteiger partial charge < -0.3 is 5.32 Å². The Morgan fingerprint density at radius 1 is 1.25 bits per heavy atom. The minimum atomic E-state index is -0.365. The SMILES string of the molecule is Cc1ccc(C#N)cc1NC(=O)c1cccc(Cl)c1Cl. The van der Waals surface area contributed by atoms with Gasteiger partial charge in [-0.2, -0.15) is 5.26 Å². The van der Waals surface area contributed by atoms with Crippen molar-refractivity contribution in [2.45, 2.75) is 6.92 Å². The normalized spacial score (nSPS) is 9.90. The maximum atomic E-state index is 12.2. The van der Waals surface area contributed by atoms with Crippen LogP contribution in [0.2, 0.25) is 10.0 Å². The highest BCUT2D eigenvalue weighted by molar-refractivity contribution is 6.44. The predicted molar refractivity (Wildman–Crippen MR) is 80.3 cm³/mol. The molecule has 20 heavy (non-hydrogen) atoms. The van der Waals surface area contributed by atoms with E-state index in [-0.39, 0.29) is 10.9 Å². The van der Waals surface area contributed by atoms with Crippen LogP contribution in [0.5, 0.6) is 0 Å². The molecule has 1 N–H and O–H groups in total. The third kappa shape index (κ3) is 2.93. The van der Waals surface area contributed by atoms with Crippen molar-refractivity contribution in [2.75, 3.05) is 5.32 Å². The molecular weight excluding hydrogens is 295 g/mol. The molecule has 0 fully saturated rings. The molecule has 0 saturated heterocycles. The average Bonchev–Trinajstić information content (AvgIpc) is 2.44. The fourth-order valence-corrected chi connectivity index (χ4v) is 2.08. The van der Waals surface area contributed by atoms with Crippen LogP contribution >= 0.6 is 23.2 Å². The number of nitrogens with one attached hydrogen (secondary N) is 1. The molecule has 0 aliphatic rings. The molecule has 0 unspecified atom stereocenters. The molecule has 0 radical (unpaired) electrons. The highest BCUT2D eigenvalue weighted by atomic mass is 35.5. The summed E-state index contributed by atoms with van der Waals surface area (Å²) in [4.78, 5) is 12.2. The van der Waals surface area contributed by atoms with Crippen molar-refractivity contribution in [3.8, 4) is 6.07 Å². The van der Waals surface area contributed by atoms with Crippen molar-refractivity contribution in [3.05, 3.63) is 63.1 Å². The number of anilines is 1. The largest absolute Gasteiger partial charge is 0.322 e. The second-order valence-corrected chi connectivity index (χ2v) is 4.98. The molecule has 2 aromatic rings. The van der Waals surface area contributed by atoms with Crippen LogP contribution in [-0.4, -0.2) is 5.91 Å². The number of carbonyl (C=O) groups excluding carboxylic acids is 1. The highest BCUT2D eigenvalue weighted by Gasteiger charge is 2.13. The molecule has 100 valence electrons. The standard InChI is InChI=1S/C15H10Cl2N2O/c1-9-5-6-10(8-18)7-13(9)19-15(20)11-3-2-4-12(16)14(11)17/h2-7H,1H3,(H,19,20). The molecule has 0 aliphatic heterocycles. The zero-order valence-electron chi connectivity index (χ0n) is 10.6. The molecule has 0 spiro atoms. The maximum Gasteiger partial charge on any atom is 0.257 e. The molecule has 0 heterocycles. The topological polar surface area (TPSA) is 52.9 Å². The van der Waals surface area contributed by atoms with Crippen LogP contribution in [0, 0.1) is 18.3 Å². The number of hydrogen-bond donors (Lipinski definition) is 1. The number of amides is 1. The quantitative estimate of drug-likeness (QED) is 0.892. The summed E-state index contributed by atoms with van der Waals surface area (Å²) in [6.45, 7) is 1.84. The van der Waals surface area contributed by atoms with Crippen molar-refractivity contribution >= 4 is 34.8 Å². The first kappa shape index (κ1) is 14.4. The predicted octanol–water partition coefficient (Wildman–Crippen LogP) is 4.43. The number of rotatable bonds is 2. The second-order valence-electron chi connectivity index (χ2n) is 4.20. The molecule has 0 aromatic heterocycles. The lowest BCUT2D eigenvalue weighted by atomic mass is 10.1. The van der Waals surface area contributed by atoms with Gasteiger partial charge in [0.15, 0.2) is 0 Å². The van der Waals surface area contributed by atoms with E-state index in [1.807, 2.05) is 13.0 Å². The molecule has 5 heteroatoms. The summed E-state index contributed by atoms with van der Waals surface area (Å²) >= 11 is 11.9. The number of halogens is 2. The van der Waals surface area contributed by atoms with Crippen LogP contribution < -0.4 is 5.32 Å². The smallest absolute Gasteiger partial charge is 0.257 e. The Morgan fingerprint density at radius 3 is 2.70 bits per heavy atom. The third-order valence-corrected chi connectivity index (χ3v) is 3.63. The first-order valence-electron chi connectivity index (χ1n) is 5.79. The monoisotopic (exact) mass is 304 g/mol. The second kappa shape index (κ2) is 5.96. The van der Waals surface area contributed by atoms with E-state index in [0.29, 0.717) is 21.8 Å². The van der Waals surface area contributed by atoms with E-state index in [0.717, 1.165) is 5.56 Å². The van der Waals surface area contributed by atoms with Gasteiger partial charge in [-0.25, -0.2) is 0 Å². The Morgan fingerprint density at radius 2 is 2.00 bits per heavy atom. The lowest BCUT2D eigenvalue weighted by molar-refractivity contribution is 0.102. The van der Waals surface area contributed by atoms with E-state index in [2.05, 4.69) is 5.32 Å². The first-order valence-corrected chi connectivity index (χ1v) is 6.54. The van der Waals surface area contributed by atoms with Gasteiger partial charge in [0, 0.05) is 5.69 Å². The summed E-state index contributed by atoms with van der Waals surface area (Å²) in [6, 6.07) is 12.0. The van der Waals surface area contributed by atoms with Gasteiger partial charge in [0.05, 0.1) is 27.2 Å². The number of carbonyl (C=O) groups is 1. The Hall–Kier alpha value is -2.02. The van der Waals surface area contributed by atoms with Crippen molar-refractivity contribution in [2.24, 2.45) is 0 Å². The number of aryl methyl sites for hydroxylation is 1. The van der Waals surface area contributed by atoms with Gasteiger partial charge >= 0.3 is 0 Å². The molecular formula is C15H10Cl2N2O. The molecule has 0 saturated carbocycles. The van der Waals surface area contributed by atoms with Gasteiger partial charge in [-0.1, -0.05) is 35.3 Å². The number of benzene rings is 2. The van der Waals surface area contributed by atoms with Gasteiger partial charge in [-0.05, 0) is 36.8 Å². The number of hydrogen-bond acceptors (Lipinski definition) is 2. The molecule has 0 atom stereocenters. The van der Waals surface area contributed by atoms with Crippen molar-refractivity contribution in [1.82, 2.24) is 0 Å². The Balaban J connectivity index is 2.33. The van der Waals surface area contributed by atoms with E-state index < -0.39 is 0 Å². The Bertz CT molecular complexity index is 720. The van der Waals surface area contributed by atoms with Crippen LogP contribution in [0.15, 0.2) is 36.4 Å². The van der Waals surface area contributed by atoms with Crippen LogP contribution in [0.25, 0.3) is 0 Å². The Labute approximate surface area is 126 Å². The van der Waals surface area contributed by atoms with Crippen LogP contribution in [-0.2, 0) is 0 Å². The van der Waals surface area contributed by atoms with Gasteiger partial charge in [-0.3, -0.25) is 4.79 Å². The van der Waals surface area contributed by atoms with E-state index in [1.165, 1.54) is 0 Å². The molecule has 3 nitrogen and oxygen atoms in total. The van der Waals surface area contributed by atoms with Crippen molar-refractivity contribution in [1.29, 1.82) is 5.26 Å². The highest BCUT2D eigenvalue weighted by Crippen LogP contribution is 2.26. The van der Waals surface area contributed by atoms with Crippen molar-refractivity contribution in [3.63, 3.8) is 0 Å². The number of nitriles is 1. The zero-order valence-corrected chi connectivity index (χ0v) is 12.1. The third-order valence-electron chi connectivity index (χ3n) is 2.81. The minimum Gasteiger partial charge on any atom is -0.322 e. The molecule has 0 bridgehead atoms. The van der Waals surface area contributed by atoms with E-state index in [9.17, 15) is 4.79 Å². The summed E-state index contributed by atoms with van der Waals surface area (Å²) in [6.07, 6.45) is 0. The van der Waals surface area contributed by atoms with E-state index in [1.54, 1.807) is 36.4 Å². The summed E-state index contributed by atoms with van der Waals surface area (Å²) in [7, 11) is 0. The van der Waals surface area contributed by atoms with Crippen molar-refractivity contribution < 1.29 is 4.79 Å². The summed E-state index contributed by atoms with van der Waals surface area (Å²) < 4.78 is 0. The van der Waals surface area contributed by atoms with E-state index in [4.69, 9.17) is 28.5 Å².